The van der Waals surface area contributed by atoms with Crippen molar-refractivity contribution in [3.8, 4) is 0 Å². The zero-order chi connectivity index (χ0) is 14.8. The van der Waals surface area contributed by atoms with Gasteiger partial charge in [0.15, 0.2) is 17.7 Å². The van der Waals surface area contributed by atoms with Crippen LogP contribution in [0.15, 0.2) is 12.7 Å². The molecule has 0 saturated heterocycles. The predicted octanol–water partition coefficient (Wildman–Crippen LogP) is -7.55. The minimum Gasteiger partial charge on any atom is -0.809 e. The van der Waals surface area contributed by atoms with Crippen molar-refractivity contribution < 1.29 is 82.9 Å². The summed E-state index contributed by atoms with van der Waals surface area (Å²) >= 11 is 0. The molecule has 0 aromatic carbocycles. The number of ether oxygens (including phenoxy) is 2. The van der Waals surface area contributed by atoms with Crippen molar-refractivity contribution in [1.82, 2.24) is 19.5 Å². The minimum atomic E-state index is -4.71. The van der Waals surface area contributed by atoms with E-state index >= 15 is 0 Å². The zero-order valence-electron chi connectivity index (χ0n) is 12.5. The number of nitrogens with two attached hydrogens (primary N) is 1. The van der Waals surface area contributed by atoms with E-state index in [-0.39, 0.29) is 71.5 Å². The molecule has 0 bridgehead atoms. The molecule has 0 fully saturated rings. The number of imidazole rings is 1. The molecule has 0 amide bonds. The Bertz CT molecular complexity index is 650. The average Bonchev–Trinajstić information content (AvgIpc) is 2.79. The standard InChI is InChI=1S/C9H14N5O5P.2Na/c1-18-6(2-19-5-20(15,16)17)14-4-13-7-8(10)11-3-12-9(7)14;;/h3-4,6H,2,5H2,1H3,(H2,10,11,12)(H2,15,16,17);;/q;2*+1/p-2/t6-;;/m1../s1. The number of methoxy groups -OCH3 is 1. The molecule has 110 valence electrons. The van der Waals surface area contributed by atoms with Crippen molar-refractivity contribution >= 4 is 24.6 Å². The van der Waals surface area contributed by atoms with Crippen LogP contribution in [0.3, 0.4) is 0 Å². The Morgan fingerprint density at radius 3 is 2.64 bits per heavy atom. The van der Waals surface area contributed by atoms with E-state index in [0.717, 1.165) is 0 Å². The second-order valence-corrected chi connectivity index (χ2v) is 5.36. The van der Waals surface area contributed by atoms with E-state index in [1.807, 2.05) is 0 Å². The van der Waals surface area contributed by atoms with Crippen molar-refractivity contribution in [1.29, 1.82) is 0 Å². The van der Waals surface area contributed by atoms with Gasteiger partial charge in [-0.2, -0.15) is 0 Å². The monoisotopic (exact) mass is 347 g/mol. The molecular weight excluding hydrogens is 335 g/mol. The van der Waals surface area contributed by atoms with E-state index in [1.54, 1.807) is 0 Å². The molecule has 22 heavy (non-hydrogen) atoms. The largest absolute Gasteiger partial charge is 1.00 e. The van der Waals surface area contributed by atoms with Gasteiger partial charge < -0.3 is 29.6 Å². The zero-order valence-corrected chi connectivity index (χ0v) is 17.4. The van der Waals surface area contributed by atoms with Crippen LogP contribution in [0.2, 0.25) is 0 Å². The van der Waals surface area contributed by atoms with Gasteiger partial charge in [-0.1, -0.05) is 0 Å². The van der Waals surface area contributed by atoms with Crippen LogP contribution in [0.5, 0.6) is 0 Å². The van der Waals surface area contributed by atoms with Gasteiger partial charge in [0.25, 0.3) is 0 Å². The van der Waals surface area contributed by atoms with Gasteiger partial charge in [0.2, 0.25) is 0 Å². The van der Waals surface area contributed by atoms with Crippen LogP contribution in [-0.2, 0) is 14.0 Å². The predicted molar refractivity (Wildman–Crippen MR) is 64.2 cm³/mol. The van der Waals surface area contributed by atoms with E-state index in [4.69, 9.17) is 15.2 Å². The van der Waals surface area contributed by atoms with Crippen LogP contribution in [0.25, 0.3) is 11.2 Å². The molecule has 0 radical (unpaired) electrons. The summed E-state index contributed by atoms with van der Waals surface area (Å²) < 4.78 is 22.0. The summed E-state index contributed by atoms with van der Waals surface area (Å²) in [7, 11) is -3.31. The van der Waals surface area contributed by atoms with Gasteiger partial charge in [-0.05, 0) is 7.60 Å². The number of hydrogen-bond acceptors (Lipinski definition) is 9. The van der Waals surface area contributed by atoms with Gasteiger partial charge in [-0.15, -0.1) is 0 Å². The van der Waals surface area contributed by atoms with E-state index in [2.05, 4.69) is 15.0 Å². The molecule has 13 heteroatoms. The Morgan fingerprint density at radius 2 is 2.05 bits per heavy atom. The second-order valence-electron chi connectivity index (χ2n) is 3.88. The molecule has 2 N–H and O–H groups in total. The van der Waals surface area contributed by atoms with Crippen LogP contribution in [0.1, 0.15) is 6.23 Å². The number of nitrogens with zero attached hydrogens (tertiary/aromatic N) is 4. The fraction of sp³-hybridized carbons (Fsp3) is 0.444. The second kappa shape index (κ2) is 9.65. The van der Waals surface area contributed by atoms with Gasteiger partial charge in [0.05, 0.1) is 19.3 Å². The van der Waals surface area contributed by atoms with E-state index < -0.39 is 20.2 Å². The molecule has 0 saturated carbocycles. The molecule has 2 aromatic rings. The summed E-state index contributed by atoms with van der Waals surface area (Å²) in [5.41, 5.74) is 6.46. The molecule has 0 aliphatic heterocycles. The normalized spacial score (nSPS) is 12.5. The average molecular weight is 347 g/mol. The van der Waals surface area contributed by atoms with Crippen LogP contribution in [-0.4, -0.2) is 39.6 Å². The first-order valence-corrected chi connectivity index (χ1v) is 7.20. The van der Waals surface area contributed by atoms with E-state index in [9.17, 15) is 14.4 Å². The van der Waals surface area contributed by atoms with Gasteiger partial charge in [-0.25, -0.2) is 15.0 Å². The van der Waals surface area contributed by atoms with E-state index in [0.29, 0.717) is 11.2 Å². The third-order valence-electron chi connectivity index (χ3n) is 2.48. The van der Waals surface area contributed by atoms with E-state index in [1.165, 1.54) is 24.3 Å². The topological polar surface area (TPSA) is 151 Å². The summed E-state index contributed by atoms with van der Waals surface area (Å²) in [5.74, 6) is 0.216. The molecular formula is C9H12N5Na2O5P. The number of rotatable bonds is 6. The first kappa shape index (κ1) is 22.4. The Kier molecular flexibility index (Phi) is 9.84. The molecule has 1 atom stereocenters. The van der Waals surface area contributed by atoms with Crippen molar-refractivity contribution in [2.75, 3.05) is 25.8 Å². The Labute approximate surface area is 170 Å². The van der Waals surface area contributed by atoms with Gasteiger partial charge in [-0.3, -0.25) is 4.57 Å². The number of nitrogen functional groups attached to an aromatic ring is 1. The van der Waals surface area contributed by atoms with Crippen LogP contribution < -0.4 is 74.6 Å². The first-order chi connectivity index (χ1) is 9.42. The Hall–Kier alpha value is 0.420. The minimum absolute atomic E-state index is 0. The third-order valence-corrected chi connectivity index (χ3v) is 2.98. The fourth-order valence-corrected chi connectivity index (χ4v) is 1.94. The summed E-state index contributed by atoms with van der Waals surface area (Å²) in [6.45, 7) is -0.152. The quantitative estimate of drug-likeness (QED) is 0.397. The maximum atomic E-state index is 10.5. The molecule has 0 spiro atoms. The van der Waals surface area contributed by atoms with Crippen molar-refractivity contribution in [3.05, 3.63) is 12.7 Å². The van der Waals surface area contributed by atoms with Crippen molar-refractivity contribution in [2.45, 2.75) is 6.23 Å². The van der Waals surface area contributed by atoms with Crippen LogP contribution in [0, 0.1) is 0 Å². The molecule has 2 aromatic heterocycles. The van der Waals surface area contributed by atoms with Crippen LogP contribution in [0.4, 0.5) is 5.82 Å². The first-order valence-electron chi connectivity index (χ1n) is 5.47. The summed E-state index contributed by atoms with van der Waals surface area (Å²) in [6, 6.07) is 0. The summed E-state index contributed by atoms with van der Waals surface area (Å²) in [4.78, 5) is 32.9. The third kappa shape index (κ3) is 5.81. The number of anilines is 1. The number of hydrogen-bond donors (Lipinski definition) is 1. The molecule has 2 heterocycles. The Morgan fingerprint density at radius 1 is 1.36 bits per heavy atom. The summed E-state index contributed by atoms with van der Waals surface area (Å²) in [6.07, 6.45) is 1.09. The van der Waals surface area contributed by atoms with Crippen molar-refractivity contribution in [2.24, 2.45) is 0 Å². The number of fused-ring (bicyclic) bond motifs is 1. The molecule has 0 aliphatic carbocycles. The molecule has 0 aliphatic rings. The maximum absolute atomic E-state index is 10.5. The smallest absolute Gasteiger partial charge is 0.809 e. The molecule has 2 rings (SSSR count). The number of aromatic nitrogens is 4. The fourth-order valence-electron chi connectivity index (χ4n) is 1.61. The van der Waals surface area contributed by atoms with Crippen molar-refractivity contribution in [3.63, 3.8) is 0 Å². The summed E-state index contributed by atoms with van der Waals surface area (Å²) in [5, 5.41) is 0. The van der Waals surface area contributed by atoms with Gasteiger partial charge in [0, 0.05) is 7.11 Å². The molecule has 10 nitrogen and oxygen atoms in total. The SMILES string of the molecule is CO[C@H](COCP(=O)([O-])[O-])n1cnc2c(N)ncnc21.[Na+].[Na+]. The molecule has 0 unspecified atom stereocenters. The van der Waals surface area contributed by atoms with Gasteiger partial charge in [0.1, 0.15) is 11.8 Å². The van der Waals surface area contributed by atoms with Gasteiger partial charge >= 0.3 is 59.1 Å². The maximum Gasteiger partial charge on any atom is 1.00 e. The van der Waals surface area contributed by atoms with Crippen LogP contribution >= 0.6 is 7.60 Å². The Balaban J connectivity index is 0.00000220.